The van der Waals surface area contributed by atoms with Crippen molar-refractivity contribution in [3.8, 4) is 11.5 Å². The molecule has 1 atom stereocenters. The van der Waals surface area contributed by atoms with Crippen LogP contribution in [0.15, 0.2) is 53.6 Å². The molecule has 2 aromatic rings. The van der Waals surface area contributed by atoms with Crippen molar-refractivity contribution in [1.29, 1.82) is 0 Å². The van der Waals surface area contributed by atoms with E-state index in [4.69, 9.17) is 14.6 Å². The monoisotopic (exact) mass is 393 g/mol. The predicted molar refractivity (Wildman–Crippen MR) is 112 cm³/mol. The Labute approximate surface area is 171 Å². The van der Waals surface area contributed by atoms with E-state index in [9.17, 15) is 4.79 Å². The number of hydrazone groups is 1. The van der Waals surface area contributed by atoms with Gasteiger partial charge in [-0.3, -0.25) is 9.69 Å². The molecule has 1 fully saturated rings. The van der Waals surface area contributed by atoms with Crippen LogP contribution in [0.1, 0.15) is 36.4 Å². The molecule has 0 N–H and O–H groups in total. The summed E-state index contributed by atoms with van der Waals surface area (Å²) in [7, 11) is 3.31. The molecule has 0 aromatic heterocycles. The highest BCUT2D eigenvalue weighted by atomic mass is 16.5. The first kappa shape index (κ1) is 19.5. The Morgan fingerprint density at radius 2 is 1.76 bits per heavy atom. The molecule has 29 heavy (non-hydrogen) atoms. The molecule has 2 heterocycles. The van der Waals surface area contributed by atoms with Gasteiger partial charge in [0.05, 0.1) is 32.5 Å². The quantitative estimate of drug-likeness (QED) is 0.754. The first-order valence-corrected chi connectivity index (χ1v) is 10.1. The molecule has 4 rings (SSSR count). The number of likely N-dealkylation sites (tertiary alicyclic amines) is 1. The number of hydrogen-bond donors (Lipinski definition) is 0. The van der Waals surface area contributed by atoms with Gasteiger partial charge in [-0.05, 0) is 55.8 Å². The van der Waals surface area contributed by atoms with E-state index >= 15 is 0 Å². The summed E-state index contributed by atoms with van der Waals surface area (Å²) in [5.41, 5.74) is 2.86. The summed E-state index contributed by atoms with van der Waals surface area (Å²) in [6.07, 6.45) is 2.97. The summed E-state index contributed by atoms with van der Waals surface area (Å²) in [6.45, 7) is 2.38. The highest BCUT2D eigenvalue weighted by Crippen LogP contribution is 2.35. The van der Waals surface area contributed by atoms with Gasteiger partial charge in [-0.2, -0.15) is 5.10 Å². The van der Waals surface area contributed by atoms with E-state index in [-0.39, 0.29) is 11.9 Å². The van der Waals surface area contributed by atoms with Crippen LogP contribution in [0.2, 0.25) is 0 Å². The maximum Gasteiger partial charge on any atom is 0.257 e. The fourth-order valence-electron chi connectivity index (χ4n) is 4.08. The van der Waals surface area contributed by atoms with Gasteiger partial charge in [-0.1, -0.05) is 24.3 Å². The summed E-state index contributed by atoms with van der Waals surface area (Å²) in [5.74, 6) is 1.61. The molecule has 152 valence electrons. The molecule has 2 aromatic carbocycles. The van der Waals surface area contributed by atoms with Gasteiger partial charge in [0.15, 0.2) is 0 Å². The molecule has 0 saturated carbocycles. The largest absolute Gasteiger partial charge is 0.497 e. The van der Waals surface area contributed by atoms with Gasteiger partial charge in [0, 0.05) is 12.0 Å². The molecule has 0 spiro atoms. The Kier molecular flexibility index (Phi) is 5.81. The standard InChI is InChI=1S/C23H27N3O3/c1-28-18-11-9-17(10-12-18)21-15-20(19-7-3-4-8-22(19)29-2)24-26(21)23(27)16-25-13-5-6-14-25/h3-4,7-12,21H,5-6,13-16H2,1-2H3/t21-/m0/s1. The molecular weight excluding hydrogens is 366 g/mol. The number of rotatable bonds is 6. The van der Waals surface area contributed by atoms with E-state index < -0.39 is 0 Å². The van der Waals surface area contributed by atoms with Crippen molar-refractivity contribution >= 4 is 11.6 Å². The molecule has 2 aliphatic heterocycles. The van der Waals surface area contributed by atoms with Crippen LogP contribution < -0.4 is 9.47 Å². The van der Waals surface area contributed by atoms with Gasteiger partial charge in [0.1, 0.15) is 11.5 Å². The summed E-state index contributed by atoms with van der Waals surface area (Å²) < 4.78 is 10.8. The lowest BCUT2D eigenvalue weighted by Gasteiger charge is -2.24. The highest BCUT2D eigenvalue weighted by molar-refractivity contribution is 6.05. The van der Waals surface area contributed by atoms with E-state index in [1.165, 1.54) is 0 Å². The Bertz CT molecular complexity index is 888. The van der Waals surface area contributed by atoms with Crippen molar-refractivity contribution in [2.45, 2.75) is 25.3 Å². The van der Waals surface area contributed by atoms with Crippen molar-refractivity contribution in [3.63, 3.8) is 0 Å². The van der Waals surface area contributed by atoms with Crippen molar-refractivity contribution < 1.29 is 14.3 Å². The summed E-state index contributed by atoms with van der Waals surface area (Å²) in [4.78, 5) is 15.4. The Morgan fingerprint density at radius 1 is 1.03 bits per heavy atom. The number of carbonyl (C=O) groups is 1. The van der Waals surface area contributed by atoms with E-state index in [1.807, 2.05) is 48.5 Å². The van der Waals surface area contributed by atoms with E-state index in [2.05, 4.69) is 4.90 Å². The zero-order valence-electron chi connectivity index (χ0n) is 17.0. The second-order valence-corrected chi connectivity index (χ2v) is 7.46. The van der Waals surface area contributed by atoms with Gasteiger partial charge in [0.25, 0.3) is 5.91 Å². The van der Waals surface area contributed by atoms with Crippen molar-refractivity contribution in [2.24, 2.45) is 5.10 Å². The normalized spacial score (nSPS) is 19.3. The third-order valence-electron chi connectivity index (χ3n) is 5.64. The average molecular weight is 393 g/mol. The molecule has 0 bridgehead atoms. The zero-order chi connectivity index (χ0) is 20.2. The molecule has 2 aliphatic rings. The van der Waals surface area contributed by atoms with Crippen LogP contribution in [-0.4, -0.2) is 55.4 Å². The van der Waals surface area contributed by atoms with Gasteiger partial charge < -0.3 is 9.47 Å². The predicted octanol–water partition coefficient (Wildman–Crippen LogP) is 3.48. The maximum absolute atomic E-state index is 13.2. The van der Waals surface area contributed by atoms with Gasteiger partial charge in [-0.25, -0.2) is 5.01 Å². The third-order valence-corrected chi connectivity index (χ3v) is 5.64. The number of hydrogen-bond acceptors (Lipinski definition) is 5. The number of ether oxygens (including phenoxy) is 2. The lowest BCUT2D eigenvalue weighted by molar-refractivity contribution is -0.134. The number of methoxy groups -OCH3 is 2. The molecule has 1 amide bonds. The molecule has 6 heteroatoms. The topological polar surface area (TPSA) is 54.4 Å². The molecule has 0 aliphatic carbocycles. The minimum absolute atomic E-state index is 0.0395. The van der Waals surface area contributed by atoms with Crippen LogP contribution in [0.5, 0.6) is 11.5 Å². The molecule has 0 radical (unpaired) electrons. The van der Waals surface area contributed by atoms with Crippen LogP contribution in [0.25, 0.3) is 0 Å². The molecule has 1 saturated heterocycles. The van der Waals surface area contributed by atoms with E-state index in [0.717, 1.165) is 54.3 Å². The maximum atomic E-state index is 13.2. The number of benzene rings is 2. The highest BCUT2D eigenvalue weighted by Gasteiger charge is 2.34. The minimum Gasteiger partial charge on any atom is -0.497 e. The van der Waals surface area contributed by atoms with Crippen LogP contribution in [0.3, 0.4) is 0 Å². The second-order valence-electron chi connectivity index (χ2n) is 7.46. The fraction of sp³-hybridized carbons (Fsp3) is 0.391. The van der Waals surface area contributed by atoms with Crippen LogP contribution in [0, 0.1) is 0 Å². The fourth-order valence-corrected chi connectivity index (χ4v) is 4.08. The van der Waals surface area contributed by atoms with Crippen molar-refractivity contribution in [1.82, 2.24) is 9.91 Å². The number of nitrogens with zero attached hydrogens (tertiary/aromatic N) is 3. The molecular formula is C23H27N3O3. The minimum atomic E-state index is -0.129. The zero-order valence-corrected chi connectivity index (χ0v) is 17.0. The molecule has 0 unspecified atom stereocenters. The lowest BCUT2D eigenvalue weighted by atomic mass is 9.98. The number of para-hydroxylation sites is 1. The van der Waals surface area contributed by atoms with Crippen LogP contribution in [-0.2, 0) is 4.79 Å². The summed E-state index contributed by atoms with van der Waals surface area (Å²) >= 11 is 0. The lowest BCUT2D eigenvalue weighted by Crippen LogP contribution is -2.36. The van der Waals surface area contributed by atoms with Crippen molar-refractivity contribution in [2.75, 3.05) is 33.9 Å². The third kappa shape index (κ3) is 4.12. The van der Waals surface area contributed by atoms with Crippen LogP contribution in [0.4, 0.5) is 0 Å². The summed E-state index contributed by atoms with van der Waals surface area (Å²) in [5, 5.41) is 6.44. The van der Waals surface area contributed by atoms with Gasteiger partial charge in [-0.15, -0.1) is 0 Å². The Balaban J connectivity index is 1.64. The first-order chi connectivity index (χ1) is 14.2. The molecule has 6 nitrogen and oxygen atoms in total. The van der Waals surface area contributed by atoms with Crippen molar-refractivity contribution in [3.05, 3.63) is 59.7 Å². The number of carbonyl (C=O) groups excluding carboxylic acids is 1. The Morgan fingerprint density at radius 3 is 2.45 bits per heavy atom. The van der Waals surface area contributed by atoms with E-state index in [0.29, 0.717) is 13.0 Å². The van der Waals surface area contributed by atoms with Crippen LogP contribution >= 0.6 is 0 Å². The number of amides is 1. The summed E-state index contributed by atoms with van der Waals surface area (Å²) in [6, 6.07) is 15.6. The Hall–Kier alpha value is -2.86. The average Bonchev–Trinajstić information content (AvgIpc) is 3.44. The SMILES string of the molecule is COc1ccc([C@@H]2CC(c3ccccc3OC)=NN2C(=O)CN2CCCC2)cc1. The van der Waals surface area contributed by atoms with E-state index in [1.54, 1.807) is 19.2 Å². The second kappa shape index (κ2) is 8.66. The van der Waals surface area contributed by atoms with Gasteiger partial charge in [0.2, 0.25) is 0 Å². The first-order valence-electron chi connectivity index (χ1n) is 10.1. The van der Waals surface area contributed by atoms with Gasteiger partial charge >= 0.3 is 0 Å². The smallest absolute Gasteiger partial charge is 0.257 e.